The molecule has 2 fully saturated rings. The Hall–Kier alpha value is -2.10. The van der Waals surface area contributed by atoms with E-state index in [0.29, 0.717) is 0 Å². The Labute approximate surface area is 344 Å². The molecule has 3 aliphatic heterocycles. The van der Waals surface area contributed by atoms with Gasteiger partial charge in [0.15, 0.2) is 18.6 Å². The number of nitrogens with zero attached hydrogens (tertiary/aromatic N) is 4. The number of phosphoric ester groups is 2. The molecule has 0 aliphatic carbocycles. The molecule has 0 radical (unpaired) electrons. The summed E-state index contributed by atoms with van der Waals surface area (Å²) in [4.78, 5) is 91.6. The van der Waals surface area contributed by atoms with Crippen molar-refractivity contribution < 1.29 is 131 Å². The van der Waals surface area contributed by atoms with Crippen LogP contribution in [0.2, 0.25) is 0 Å². The van der Waals surface area contributed by atoms with Gasteiger partial charge in [-0.1, -0.05) is 6.58 Å². The van der Waals surface area contributed by atoms with Crippen molar-refractivity contribution in [2.75, 3.05) is 33.2 Å². The number of aliphatic imine (C=N–C) groups is 1. The summed E-state index contributed by atoms with van der Waals surface area (Å²) in [6.07, 6.45) is -7.75. The lowest BCUT2D eigenvalue weighted by Crippen LogP contribution is -2.48. The van der Waals surface area contributed by atoms with E-state index < -0.39 is 114 Å². The number of nitrogens with two attached hydrogens (primary N) is 2. The fourth-order valence-electron chi connectivity index (χ4n) is 4.91. The van der Waals surface area contributed by atoms with Gasteiger partial charge in [-0.3, -0.25) is 13.6 Å². The first kappa shape index (κ1) is 54.2. The fourth-order valence-corrected chi connectivity index (χ4v) is 11.0. The topological polar surface area (TPSA) is 520 Å². The second-order valence-electron chi connectivity index (χ2n) is 11.8. The number of aliphatic hydroxyl groups excluding tert-OH is 3. The molecule has 0 aromatic carbocycles. The molecule has 2 saturated heterocycles. The Morgan fingerprint density at radius 1 is 0.774 bits per heavy atom. The van der Waals surface area contributed by atoms with Crippen molar-refractivity contribution in [3.05, 3.63) is 47.4 Å². The number of hydrogen-bond donors (Lipinski definition) is 13. The third-order valence-corrected chi connectivity index (χ3v) is 15.0. The van der Waals surface area contributed by atoms with Crippen molar-refractivity contribution >= 4 is 58.6 Å². The molecule has 1 aromatic rings. The Morgan fingerprint density at radius 3 is 1.68 bits per heavy atom. The van der Waals surface area contributed by atoms with Crippen LogP contribution in [0.1, 0.15) is 6.23 Å². The predicted octanol–water partition coefficient (Wildman–Crippen LogP) is -2.85. The summed E-state index contributed by atoms with van der Waals surface area (Å²) in [6.45, 7) is 1.01. The number of amidine groups is 1. The third-order valence-electron chi connectivity index (χ3n) is 7.46. The predicted molar refractivity (Wildman–Crippen MR) is 192 cm³/mol. The molecule has 356 valence electrons. The van der Waals surface area contributed by atoms with E-state index in [0.717, 1.165) is 29.9 Å². The maximum atomic E-state index is 14.8. The number of aliphatic hydroxyl groups is 3. The average molecular weight is 1030 g/mol. The van der Waals surface area contributed by atoms with E-state index in [2.05, 4.69) is 42.8 Å². The van der Waals surface area contributed by atoms with Crippen LogP contribution in [0, 0.1) is 0 Å². The second kappa shape index (κ2) is 19.8. The zero-order valence-electron chi connectivity index (χ0n) is 30.8. The third kappa shape index (κ3) is 14.4. The van der Waals surface area contributed by atoms with E-state index >= 15 is 0 Å². The van der Waals surface area contributed by atoms with E-state index in [1.54, 1.807) is 0 Å². The van der Waals surface area contributed by atoms with Crippen LogP contribution < -0.4 is 17.2 Å². The minimum Gasteiger partial charge on any atom is -0.385 e. The monoisotopic (exact) mass is 1030 g/mol. The lowest BCUT2D eigenvalue weighted by Gasteiger charge is -2.32. The maximum Gasteiger partial charge on any atom is 0.490 e. The maximum absolute atomic E-state index is 14.8. The van der Waals surface area contributed by atoms with E-state index in [1.165, 1.54) is 18.3 Å². The van der Waals surface area contributed by atoms with E-state index in [4.69, 9.17) is 59.8 Å². The number of hydrogen-bond acceptors (Lipinski definition) is 25. The summed E-state index contributed by atoms with van der Waals surface area (Å²) in [5.74, 6) is -5.08. The van der Waals surface area contributed by atoms with Crippen LogP contribution >= 0.6 is 46.9 Å². The second-order valence-corrected chi connectivity index (χ2v) is 20.7. The van der Waals surface area contributed by atoms with Crippen LogP contribution in [0.5, 0.6) is 0 Å². The number of methoxy groups -OCH3 is 2. The molecular formula is C21H37FN6O28P6. The molecule has 34 nitrogen and oxygen atoms in total. The normalized spacial score (nSPS) is 31.9. The quantitative estimate of drug-likeness (QED) is 0.0658. The lowest BCUT2D eigenvalue weighted by molar-refractivity contribution is -0.267. The van der Waals surface area contributed by atoms with Crippen molar-refractivity contribution in [3.63, 3.8) is 0 Å². The van der Waals surface area contributed by atoms with Gasteiger partial charge in [-0.2, -0.15) is 22.2 Å². The van der Waals surface area contributed by atoms with Gasteiger partial charge in [0.05, 0.1) is 0 Å². The Morgan fingerprint density at radius 2 is 1.24 bits per heavy atom. The van der Waals surface area contributed by atoms with Crippen molar-refractivity contribution in [3.8, 4) is 0 Å². The Balaban J connectivity index is 0.000000330. The van der Waals surface area contributed by atoms with Crippen LogP contribution in [-0.2, 0) is 72.6 Å². The van der Waals surface area contributed by atoms with Gasteiger partial charge < -0.3 is 89.8 Å². The van der Waals surface area contributed by atoms with Gasteiger partial charge in [-0.25, -0.2) is 41.6 Å². The highest BCUT2D eigenvalue weighted by Crippen LogP contribution is 2.67. The Kier molecular flexibility index (Phi) is 17.3. The summed E-state index contributed by atoms with van der Waals surface area (Å²) in [5.41, 5.74) is 9.86. The van der Waals surface area contributed by atoms with Crippen molar-refractivity contribution in [2.45, 2.75) is 48.5 Å². The summed E-state index contributed by atoms with van der Waals surface area (Å²) < 4.78 is 127. The van der Waals surface area contributed by atoms with E-state index in [-0.39, 0.29) is 17.5 Å². The zero-order valence-corrected chi connectivity index (χ0v) is 36.1. The number of anilines is 1. The van der Waals surface area contributed by atoms with Gasteiger partial charge in [0.25, 0.3) is 0 Å². The average Bonchev–Trinajstić information content (AvgIpc) is 3.48. The molecule has 4 rings (SSSR count). The number of halogens is 1. The van der Waals surface area contributed by atoms with Gasteiger partial charge >= 0.3 is 52.6 Å². The summed E-state index contributed by atoms with van der Waals surface area (Å²) >= 11 is 0. The standard InChI is InChI=1S/C11H19FN3O13P3.C10H18N3O15P3/c1-6-14-7(13)3-4-15(6)10-8(16)9(12)11(24-2,26-10)5-25-30(20,21)28-31(22,23)27-29(17,18)19;1-24-10(4-25-30(20,21)28-31(22,23)27-29(17,18)19)7(15)6(14)8(26-10)13-3-2-5(11)12-9(13)16/h3-4,8-10,16H,1,5H2,2H3,(H2,13,14)(H,20,21)(H,22,23)(H2,17,18,19);2-3,6-8,14-15H,4H2,1H3,(H,20,21)(H,22,23)(H2,11,12,16)(H2,17,18,19)/t8-,9+,10-,11-;6-,7+,8-,10-/m11/s1. The highest BCUT2D eigenvalue weighted by molar-refractivity contribution is 7.67. The van der Waals surface area contributed by atoms with Crippen LogP contribution in [0.25, 0.3) is 0 Å². The minimum atomic E-state index is -5.79. The summed E-state index contributed by atoms with van der Waals surface area (Å²) in [5, 5.41) is 30.7. The molecule has 3 aliphatic rings. The molecule has 41 heteroatoms. The zero-order chi connectivity index (χ0) is 47.7. The molecule has 0 bridgehead atoms. The van der Waals surface area contributed by atoms with E-state index in [9.17, 15) is 61.7 Å². The van der Waals surface area contributed by atoms with Gasteiger partial charge in [0.2, 0.25) is 11.6 Å². The van der Waals surface area contributed by atoms with Crippen LogP contribution in [0.3, 0.4) is 0 Å². The highest BCUT2D eigenvalue weighted by Gasteiger charge is 2.60. The number of alkyl halides is 1. The van der Waals surface area contributed by atoms with Crippen LogP contribution in [0.4, 0.5) is 10.2 Å². The molecule has 4 heterocycles. The van der Waals surface area contributed by atoms with Gasteiger partial charge in [0, 0.05) is 26.6 Å². The Bertz CT molecular complexity index is 2240. The SMILES string of the molecule is C=C1N=C(N)C=CN1[C@@H]1O[C@@](COP(=O)(O)OP(=O)(O)OP(=O)(O)O)(OC)[C@@H](F)[C@H]1O.CO[C@]1(COP(=O)(O)OP(=O)(O)OP(=O)(O)O)O[C@@H](n2ccc(N)nc2=O)[C@H](O)[C@@H]1O. The number of rotatable bonds is 18. The molecule has 15 N–H and O–H groups in total. The van der Waals surface area contributed by atoms with Gasteiger partial charge in [-0.05, 0) is 12.1 Å². The summed E-state index contributed by atoms with van der Waals surface area (Å²) in [6, 6.07) is 1.17. The van der Waals surface area contributed by atoms with Crippen molar-refractivity contribution in [1.29, 1.82) is 0 Å². The van der Waals surface area contributed by atoms with E-state index in [1.807, 2.05) is 0 Å². The number of ether oxygens (including phenoxy) is 4. The molecular weight excluding hydrogens is 989 g/mol. The fraction of sp³-hybridized carbons (Fsp3) is 0.571. The smallest absolute Gasteiger partial charge is 0.385 e. The molecule has 0 amide bonds. The number of aromatic nitrogens is 2. The number of nitrogen functional groups attached to an aromatic ring is 1. The number of phosphoric acid groups is 6. The van der Waals surface area contributed by atoms with Crippen LogP contribution in [0.15, 0.2) is 46.7 Å². The molecule has 0 saturated carbocycles. The summed E-state index contributed by atoms with van der Waals surface area (Å²) in [7, 11) is -32.1. The molecule has 62 heavy (non-hydrogen) atoms. The van der Waals surface area contributed by atoms with Gasteiger partial charge in [0.1, 0.15) is 49.0 Å². The van der Waals surface area contributed by atoms with Crippen LogP contribution in [-0.4, -0.2) is 144 Å². The molecule has 4 unspecified atom stereocenters. The lowest BCUT2D eigenvalue weighted by atomic mass is 10.1. The first-order valence-corrected chi connectivity index (χ1v) is 24.6. The van der Waals surface area contributed by atoms with Crippen molar-refractivity contribution in [1.82, 2.24) is 14.5 Å². The molecule has 1 aromatic heterocycles. The molecule has 0 spiro atoms. The van der Waals surface area contributed by atoms with Crippen molar-refractivity contribution in [2.24, 2.45) is 10.7 Å². The largest absolute Gasteiger partial charge is 0.490 e. The first-order valence-electron chi connectivity index (χ1n) is 15.6. The minimum absolute atomic E-state index is 0.0453. The first-order chi connectivity index (χ1) is 28.0. The van der Waals surface area contributed by atoms with Gasteiger partial charge in [-0.15, -0.1) is 0 Å². The highest BCUT2D eigenvalue weighted by atomic mass is 31.3. The molecule has 12 atom stereocenters.